The van der Waals surface area contributed by atoms with Gasteiger partial charge in [0.25, 0.3) is 0 Å². The Morgan fingerprint density at radius 1 is 1.50 bits per heavy atom. The van der Waals surface area contributed by atoms with Crippen LogP contribution in [-0.4, -0.2) is 34.7 Å². The third-order valence-corrected chi connectivity index (χ3v) is 3.51. The van der Waals surface area contributed by atoms with Gasteiger partial charge in [0.1, 0.15) is 5.76 Å². The summed E-state index contributed by atoms with van der Waals surface area (Å²) in [6.45, 7) is 9.44. The van der Waals surface area contributed by atoms with E-state index in [-0.39, 0.29) is 12.0 Å². The van der Waals surface area contributed by atoms with Crippen LogP contribution in [0.3, 0.4) is 0 Å². The highest BCUT2D eigenvalue weighted by atomic mass is 16.4. The lowest BCUT2D eigenvalue weighted by molar-refractivity contribution is 0.108. The smallest absolute Gasteiger partial charge is 0.208 e. The lowest BCUT2D eigenvalue weighted by Gasteiger charge is -2.30. The molecule has 1 atom stereocenters. The van der Waals surface area contributed by atoms with Crippen molar-refractivity contribution in [2.75, 3.05) is 19.7 Å². The molecule has 0 aromatic carbocycles. The number of rotatable bonds is 3. The Balaban J connectivity index is 1.95. The second-order valence-electron chi connectivity index (χ2n) is 6.29. The van der Waals surface area contributed by atoms with Crippen molar-refractivity contribution in [3.63, 3.8) is 0 Å². The van der Waals surface area contributed by atoms with E-state index < -0.39 is 0 Å². The van der Waals surface area contributed by atoms with Gasteiger partial charge in [-0.25, -0.2) is 4.98 Å². The van der Waals surface area contributed by atoms with Crippen molar-refractivity contribution in [3.05, 3.63) is 17.8 Å². The third-order valence-electron chi connectivity index (χ3n) is 3.51. The average Bonchev–Trinajstić information content (AvgIpc) is 2.77. The molecule has 1 aromatic rings. The van der Waals surface area contributed by atoms with E-state index in [9.17, 15) is 5.11 Å². The molecular weight excluding hydrogens is 228 g/mol. The van der Waals surface area contributed by atoms with Crippen LogP contribution in [0.4, 0.5) is 0 Å². The predicted octanol–water partition coefficient (Wildman–Crippen LogP) is 2.18. The van der Waals surface area contributed by atoms with Gasteiger partial charge in [-0.15, -0.1) is 0 Å². The summed E-state index contributed by atoms with van der Waals surface area (Å²) in [7, 11) is 0. The van der Waals surface area contributed by atoms with Crippen LogP contribution < -0.4 is 0 Å². The SMILES string of the molecule is CC(C)(C)c1cnc(CN2CCCC(CO)C2)o1. The quantitative estimate of drug-likeness (QED) is 0.895. The minimum Gasteiger partial charge on any atom is -0.444 e. The number of likely N-dealkylation sites (tertiary alicyclic amines) is 1. The molecule has 1 N–H and O–H groups in total. The Morgan fingerprint density at radius 2 is 2.28 bits per heavy atom. The number of aromatic nitrogens is 1. The van der Waals surface area contributed by atoms with Gasteiger partial charge in [-0.2, -0.15) is 0 Å². The van der Waals surface area contributed by atoms with Crippen molar-refractivity contribution in [2.24, 2.45) is 5.92 Å². The van der Waals surface area contributed by atoms with E-state index in [1.54, 1.807) is 0 Å². The van der Waals surface area contributed by atoms with Gasteiger partial charge >= 0.3 is 0 Å². The molecule has 0 radical (unpaired) electrons. The van der Waals surface area contributed by atoms with Gasteiger partial charge < -0.3 is 9.52 Å². The maximum Gasteiger partial charge on any atom is 0.208 e. The van der Waals surface area contributed by atoms with Crippen LogP contribution in [0.15, 0.2) is 10.6 Å². The lowest BCUT2D eigenvalue weighted by Crippen LogP contribution is -2.36. The van der Waals surface area contributed by atoms with E-state index in [2.05, 4.69) is 30.7 Å². The number of hydrogen-bond donors (Lipinski definition) is 1. The van der Waals surface area contributed by atoms with E-state index in [4.69, 9.17) is 4.42 Å². The number of aliphatic hydroxyl groups excluding tert-OH is 1. The molecule has 1 unspecified atom stereocenters. The Labute approximate surface area is 109 Å². The van der Waals surface area contributed by atoms with E-state index in [1.165, 1.54) is 0 Å². The molecule has 4 heteroatoms. The van der Waals surface area contributed by atoms with Gasteiger partial charge in [0, 0.05) is 18.6 Å². The molecule has 1 fully saturated rings. The molecule has 18 heavy (non-hydrogen) atoms. The normalized spacial score (nSPS) is 22.3. The first-order valence-corrected chi connectivity index (χ1v) is 6.77. The van der Waals surface area contributed by atoms with Crippen LogP contribution in [0.2, 0.25) is 0 Å². The molecule has 0 spiro atoms. The molecule has 4 nitrogen and oxygen atoms in total. The summed E-state index contributed by atoms with van der Waals surface area (Å²) in [5, 5.41) is 9.22. The molecule has 0 amide bonds. The van der Waals surface area contributed by atoms with Gasteiger partial charge in [-0.3, -0.25) is 4.90 Å². The number of hydrogen-bond acceptors (Lipinski definition) is 4. The maximum atomic E-state index is 9.22. The second kappa shape index (κ2) is 5.41. The van der Waals surface area contributed by atoms with Gasteiger partial charge in [0.05, 0.1) is 12.7 Å². The van der Waals surface area contributed by atoms with Crippen LogP contribution in [0, 0.1) is 5.92 Å². The number of oxazole rings is 1. The average molecular weight is 252 g/mol. The largest absolute Gasteiger partial charge is 0.444 e. The second-order valence-corrected chi connectivity index (χ2v) is 6.29. The van der Waals surface area contributed by atoms with Crippen LogP contribution >= 0.6 is 0 Å². The van der Waals surface area contributed by atoms with Crippen molar-refractivity contribution < 1.29 is 9.52 Å². The van der Waals surface area contributed by atoms with Gasteiger partial charge in [0.2, 0.25) is 5.89 Å². The van der Waals surface area contributed by atoms with Gasteiger partial charge in [-0.05, 0) is 25.3 Å². The molecule has 0 bridgehead atoms. The fourth-order valence-corrected chi connectivity index (χ4v) is 2.37. The number of nitrogens with zero attached hydrogens (tertiary/aromatic N) is 2. The zero-order chi connectivity index (χ0) is 13.2. The summed E-state index contributed by atoms with van der Waals surface area (Å²) in [5.74, 6) is 2.14. The molecule has 1 aliphatic rings. The minimum absolute atomic E-state index is 0.0147. The van der Waals surface area contributed by atoms with E-state index in [1.807, 2.05) is 6.20 Å². The summed E-state index contributed by atoms with van der Waals surface area (Å²) < 4.78 is 5.80. The standard InChI is InChI=1S/C14H24N2O2/c1-14(2,3)12-7-15-13(18-12)9-16-6-4-5-11(8-16)10-17/h7,11,17H,4-6,8-10H2,1-3H3. The summed E-state index contributed by atoms with van der Waals surface area (Å²) >= 11 is 0. The maximum absolute atomic E-state index is 9.22. The van der Waals surface area contributed by atoms with Crippen LogP contribution in [0.1, 0.15) is 45.3 Å². The Bertz CT molecular complexity index is 381. The molecule has 2 heterocycles. The van der Waals surface area contributed by atoms with E-state index >= 15 is 0 Å². The molecule has 1 saturated heterocycles. The van der Waals surface area contributed by atoms with Crippen molar-refractivity contribution in [3.8, 4) is 0 Å². The topological polar surface area (TPSA) is 49.5 Å². The van der Waals surface area contributed by atoms with E-state index in [0.717, 1.165) is 44.1 Å². The first-order valence-electron chi connectivity index (χ1n) is 6.77. The van der Waals surface area contributed by atoms with Crippen molar-refractivity contribution >= 4 is 0 Å². The van der Waals surface area contributed by atoms with Crippen LogP contribution in [-0.2, 0) is 12.0 Å². The lowest BCUT2D eigenvalue weighted by atomic mass is 9.94. The summed E-state index contributed by atoms with van der Waals surface area (Å²) in [6, 6.07) is 0. The first kappa shape index (κ1) is 13.6. The molecular formula is C14H24N2O2. The van der Waals surface area contributed by atoms with Gasteiger partial charge in [-0.1, -0.05) is 20.8 Å². The Hall–Kier alpha value is -0.870. The van der Waals surface area contributed by atoms with Crippen molar-refractivity contribution in [1.82, 2.24) is 9.88 Å². The fraction of sp³-hybridized carbons (Fsp3) is 0.786. The monoisotopic (exact) mass is 252 g/mol. The summed E-state index contributed by atoms with van der Waals surface area (Å²) in [5.41, 5.74) is 0.0147. The predicted molar refractivity (Wildman–Crippen MR) is 70.3 cm³/mol. The molecule has 102 valence electrons. The minimum atomic E-state index is 0.0147. The van der Waals surface area contributed by atoms with Crippen molar-refractivity contribution in [1.29, 1.82) is 0 Å². The van der Waals surface area contributed by atoms with Crippen molar-refractivity contribution in [2.45, 2.75) is 45.6 Å². The van der Waals surface area contributed by atoms with Crippen LogP contribution in [0.25, 0.3) is 0 Å². The first-order chi connectivity index (χ1) is 8.49. The number of piperidine rings is 1. The molecule has 1 aromatic heterocycles. The highest BCUT2D eigenvalue weighted by molar-refractivity contribution is 5.06. The fourth-order valence-electron chi connectivity index (χ4n) is 2.37. The van der Waals surface area contributed by atoms with Crippen LogP contribution in [0.5, 0.6) is 0 Å². The molecule has 0 aliphatic carbocycles. The Kier molecular flexibility index (Phi) is 4.07. The molecule has 1 aliphatic heterocycles. The highest BCUT2D eigenvalue weighted by Gasteiger charge is 2.23. The Morgan fingerprint density at radius 3 is 2.89 bits per heavy atom. The highest BCUT2D eigenvalue weighted by Crippen LogP contribution is 2.24. The summed E-state index contributed by atoms with van der Waals surface area (Å²) in [6.07, 6.45) is 4.12. The zero-order valence-electron chi connectivity index (χ0n) is 11.6. The zero-order valence-corrected chi connectivity index (χ0v) is 11.6. The van der Waals surface area contributed by atoms with Gasteiger partial charge in [0.15, 0.2) is 0 Å². The molecule has 0 saturated carbocycles. The third kappa shape index (κ3) is 3.33. The number of aliphatic hydroxyl groups is 1. The molecule has 2 rings (SSSR count). The summed E-state index contributed by atoms with van der Waals surface area (Å²) in [4.78, 5) is 6.68. The van der Waals surface area contributed by atoms with E-state index in [0.29, 0.717) is 5.92 Å².